The molecule has 3 aromatic carbocycles. The maximum absolute atomic E-state index is 13.7. The summed E-state index contributed by atoms with van der Waals surface area (Å²) in [5, 5.41) is 0.644. The van der Waals surface area contributed by atoms with Crippen molar-refractivity contribution in [1.29, 1.82) is 0 Å². The summed E-state index contributed by atoms with van der Waals surface area (Å²) in [7, 11) is 1.66. The number of ether oxygens (including phenoxy) is 1. The first-order valence-electron chi connectivity index (χ1n) is 11.5. The molecule has 0 unspecified atom stereocenters. The van der Waals surface area contributed by atoms with Gasteiger partial charge in [-0.15, -0.1) is 0 Å². The van der Waals surface area contributed by atoms with E-state index in [2.05, 4.69) is 36.6 Å². The van der Waals surface area contributed by atoms with Gasteiger partial charge >= 0.3 is 0 Å². The lowest BCUT2D eigenvalue weighted by atomic mass is 10.0. The van der Waals surface area contributed by atoms with Gasteiger partial charge < -0.3 is 9.64 Å². The molecular formula is C28H30ClN3O2. The third kappa shape index (κ3) is 4.66. The van der Waals surface area contributed by atoms with Crippen LogP contribution in [-0.4, -0.2) is 34.0 Å². The molecule has 0 saturated heterocycles. The first-order valence-corrected chi connectivity index (χ1v) is 11.9. The predicted octanol–water partition coefficient (Wildman–Crippen LogP) is 6.67. The molecule has 0 saturated carbocycles. The lowest BCUT2D eigenvalue weighted by Gasteiger charge is -2.24. The van der Waals surface area contributed by atoms with E-state index < -0.39 is 0 Å². The monoisotopic (exact) mass is 475 g/mol. The Balaban J connectivity index is 1.80. The number of carbonyl (C=O) groups excluding carboxylic acids is 1. The number of benzene rings is 3. The third-order valence-electron chi connectivity index (χ3n) is 6.03. The summed E-state index contributed by atoms with van der Waals surface area (Å²) in [6, 6.07) is 17.9. The highest BCUT2D eigenvalue weighted by atomic mass is 35.5. The first kappa shape index (κ1) is 23.8. The van der Waals surface area contributed by atoms with Crippen LogP contribution in [0.2, 0.25) is 5.02 Å². The Labute approximate surface area is 205 Å². The molecule has 5 nitrogen and oxygen atoms in total. The van der Waals surface area contributed by atoms with Crippen LogP contribution in [0.25, 0.3) is 16.7 Å². The van der Waals surface area contributed by atoms with E-state index in [0.717, 1.165) is 51.4 Å². The van der Waals surface area contributed by atoms with Crippen LogP contribution in [0.15, 0.2) is 54.6 Å². The van der Waals surface area contributed by atoms with Gasteiger partial charge in [0.2, 0.25) is 0 Å². The predicted molar refractivity (Wildman–Crippen MR) is 138 cm³/mol. The fourth-order valence-corrected chi connectivity index (χ4v) is 4.79. The summed E-state index contributed by atoms with van der Waals surface area (Å²) in [6.07, 6.45) is 0.847. The van der Waals surface area contributed by atoms with Crippen LogP contribution < -0.4 is 4.74 Å². The molecule has 6 heteroatoms. The molecule has 0 N–H and O–H groups in total. The van der Waals surface area contributed by atoms with E-state index in [1.165, 1.54) is 0 Å². The summed E-state index contributed by atoms with van der Waals surface area (Å²) in [6.45, 7) is 9.04. The van der Waals surface area contributed by atoms with Crippen molar-refractivity contribution in [3.05, 3.63) is 87.7 Å². The van der Waals surface area contributed by atoms with E-state index in [4.69, 9.17) is 21.3 Å². The zero-order valence-corrected chi connectivity index (χ0v) is 21.1. The van der Waals surface area contributed by atoms with E-state index in [9.17, 15) is 4.79 Å². The summed E-state index contributed by atoms with van der Waals surface area (Å²) < 4.78 is 7.47. The average molecular weight is 476 g/mol. The Kier molecular flexibility index (Phi) is 6.94. The highest BCUT2D eigenvalue weighted by molar-refractivity contribution is 6.30. The summed E-state index contributed by atoms with van der Waals surface area (Å²) in [4.78, 5) is 20.6. The van der Waals surface area contributed by atoms with E-state index in [-0.39, 0.29) is 5.91 Å². The highest BCUT2D eigenvalue weighted by Crippen LogP contribution is 2.27. The minimum absolute atomic E-state index is 0.00182. The number of imidazole rings is 1. The standard InChI is InChI=1S/C28H30ClN3O2/c1-6-13-31(28(33)27-19(3)15-21(29)16-20(27)4)17-26-30-24-14-18(2)7-12-25(24)32(26)22-8-10-23(34-5)11-9-22/h7-12,14-16H,6,13,17H2,1-5H3. The minimum Gasteiger partial charge on any atom is -0.497 e. The van der Waals surface area contributed by atoms with Gasteiger partial charge in [0, 0.05) is 22.8 Å². The maximum Gasteiger partial charge on any atom is 0.254 e. The van der Waals surface area contributed by atoms with E-state index in [1.54, 1.807) is 7.11 Å². The van der Waals surface area contributed by atoms with Gasteiger partial charge in [0.05, 0.1) is 24.7 Å². The number of hydrogen-bond donors (Lipinski definition) is 0. The van der Waals surface area contributed by atoms with Crippen molar-refractivity contribution in [2.45, 2.75) is 40.7 Å². The Morgan fingerprint density at radius 2 is 1.71 bits per heavy atom. The van der Waals surface area contributed by atoms with Crippen LogP contribution in [0, 0.1) is 20.8 Å². The van der Waals surface area contributed by atoms with Crippen molar-refractivity contribution in [3.63, 3.8) is 0 Å². The number of hydrogen-bond acceptors (Lipinski definition) is 3. The van der Waals surface area contributed by atoms with Gasteiger partial charge in [-0.1, -0.05) is 24.6 Å². The SMILES string of the molecule is CCCN(Cc1nc2cc(C)ccc2n1-c1ccc(OC)cc1)C(=O)c1c(C)cc(Cl)cc1C. The second-order valence-electron chi connectivity index (χ2n) is 8.69. The third-order valence-corrected chi connectivity index (χ3v) is 6.25. The van der Waals surface area contributed by atoms with Crippen LogP contribution in [0.3, 0.4) is 0 Å². The molecule has 0 radical (unpaired) electrons. The molecule has 1 aromatic heterocycles. The molecule has 4 aromatic rings. The number of carbonyl (C=O) groups is 1. The molecule has 176 valence electrons. The van der Waals surface area contributed by atoms with Crippen molar-refractivity contribution in [2.75, 3.05) is 13.7 Å². The molecule has 4 rings (SSSR count). The topological polar surface area (TPSA) is 47.4 Å². The number of fused-ring (bicyclic) bond motifs is 1. The Bertz CT molecular complexity index is 1320. The van der Waals surface area contributed by atoms with Gasteiger partial charge in [-0.3, -0.25) is 9.36 Å². The summed E-state index contributed by atoms with van der Waals surface area (Å²) in [5.74, 6) is 1.61. The molecule has 0 atom stereocenters. The lowest BCUT2D eigenvalue weighted by molar-refractivity contribution is 0.0737. The molecule has 0 bridgehead atoms. The van der Waals surface area contributed by atoms with Crippen LogP contribution in [0.4, 0.5) is 0 Å². The zero-order chi connectivity index (χ0) is 24.4. The number of amides is 1. The second-order valence-corrected chi connectivity index (χ2v) is 9.13. The molecule has 0 fully saturated rings. The van der Waals surface area contributed by atoms with Gasteiger partial charge in [0.15, 0.2) is 0 Å². The lowest BCUT2D eigenvalue weighted by Crippen LogP contribution is -2.33. The number of halogens is 1. The molecule has 0 aliphatic heterocycles. The van der Waals surface area contributed by atoms with Gasteiger partial charge in [-0.2, -0.15) is 0 Å². The molecule has 1 heterocycles. The van der Waals surface area contributed by atoms with E-state index in [1.807, 2.05) is 55.1 Å². The fourth-order valence-electron chi connectivity index (χ4n) is 4.46. The van der Waals surface area contributed by atoms with Crippen molar-refractivity contribution < 1.29 is 9.53 Å². The Morgan fingerprint density at radius 3 is 2.32 bits per heavy atom. The average Bonchev–Trinajstić information content (AvgIpc) is 3.15. The van der Waals surface area contributed by atoms with Crippen molar-refractivity contribution in [3.8, 4) is 11.4 Å². The van der Waals surface area contributed by atoms with Crippen molar-refractivity contribution in [2.24, 2.45) is 0 Å². The molecule has 0 spiro atoms. The summed E-state index contributed by atoms with van der Waals surface area (Å²) >= 11 is 6.22. The zero-order valence-electron chi connectivity index (χ0n) is 20.4. The normalized spacial score (nSPS) is 11.1. The Morgan fingerprint density at radius 1 is 1.03 bits per heavy atom. The van der Waals surface area contributed by atoms with E-state index in [0.29, 0.717) is 23.7 Å². The van der Waals surface area contributed by atoms with Gasteiger partial charge in [-0.25, -0.2) is 4.98 Å². The molecule has 0 aliphatic rings. The largest absolute Gasteiger partial charge is 0.497 e. The highest BCUT2D eigenvalue weighted by Gasteiger charge is 2.23. The number of aryl methyl sites for hydroxylation is 3. The van der Waals surface area contributed by atoms with Crippen LogP contribution in [0.5, 0.6) is 5.75 Å². The van der Waals surface area contributed by atoms with Crippen molar-refractivity contribution in [1.82, 2.24) is 14.5 Å². The van der Waals surface area contributed by atoms with Gasteiger partial charge in [0.25, 0.3) is 5.91 Å². The molecule has 1 amide bonds. The van der Waals surface area contributed by atoms with Crippen LogP contribution in [-0.2, 0) is 6.54 Å². The fraction of sp³-hybridized carbons (Fsp3) is 0.286. The maximum atomic E-state index is 13.7. The smallest absolute Gasteiger partial charge is 0.254 e. The molecule has 34 heavy (non-hydrogen) atoms. The van der Waals surface area contributed by atoms with Crippen LogP contribution >= 0.6 is 11.6 Å². The van der Waals surface area contributed by atoms with Gasteiger partial charge in [-0.05, 0) is 92.4 Å². The first-order chi connectivity index (χ1) is 16.3. The summed E-state index contributed by atoms with van der Waals surface area (Å²) in [5.41, 5.74) is 6.52. The minimum atomic E-state index is -0.00182. The number of rotatable bonds is 7. The Hall–Kier alpha value is -3.31. The quantitative estimate of drug-likeness (QED) is 0.300. The van der Waals surface area contributed by atoms with Crippen molar-refractivity contribution >= 4 is 28.5 Å². The van der Waals surface area contributed by atoms with E-state index >= 15 is 0 Å². The van der Waals surface area contributed by atoms with Crippen LogP contribution in [0.1, 0.15) is 46.2 Å². The second kappa shape index (κ2) is 9.90. The molecule has 0 aliphatic carbocycles. The number of nitrogens with zero attached hydrogens (tertiary/aromatic N) is 3. The number of aromatic nitrogens is 2. The van der Waals surface area contributed by atoms with Gasteiger partial charge in [0.1, 0.15) is 11.6 Å². The molecular weight excluding hydrogens is 446 g/mol. The number of methoxy groups -OCH3 is 1.